The molecule has 0 aliphatic carbocycles. The molecule has 1 rings (SSSR count). The Morgan fingerprint density at radius 2 is 2.06 bits per heavy atom. The third kappa shape index (κ3) is 5.25. The molecular weight excluding hydrogens is 304 g/mol. The van der Waals surface area contributed by atoms with Gasteiger partial charge in [-0.15, -0.1) is 12.4 Å². The number of hydrogen-bond donors (Lipinski definition) is 2. The molecule has 0 aliphatic rings. The third-order valence-corrected chi connectivity index (χ3v) is 3.19. The van der Waals surface area contributed by atoms with Gasteiger partial charge in [0.2, 0.25) is 0 Å². The van der Waals surface area contributed by atoms with Crippen LogP contribution in [-0.2, 0) is 0 Å². The maximum atomic E-state index is 6.09. The Hall–Kier alpha value is -0.290. The molecule has 0 aromatic heterocycles. The minimum atomic E-state index is 0. The van der Waals surface area contributed by atoms with Crippen molar-refractivity contribution < 1.29 is 4.74 Å². The molecule has 0 saturated carbocycles. The Morgan fingerprint density at radius 3 is 2.59 bits per heavy atom. The predicted octanol–water partition coefficient (Wildman–Crippen LogP) is 3.01. The first-order chi connectivity index (χ1) is 7.69. The lowest BCUT2D eigenvalue weighted by molar-refractivity contribution is 0.411. The standard InChI is InChI=1S/C12H19BrN2O.ClH/c1-16-12-6-5-9(8-10(12)13)11(15)4-2-3-7-14;/h5-6,8,11H,2-4,7,14-15H2,1H3;1H/t11-;/m0./s1. The summed E-state index contributed by atoms with van der Waals surface area (Å²) < 4.78 is 6.12. The maximum Gasteiger partial charge on any atom is 0.133 e. The van der Waals surface area contributed by atoms with Gasteiger partial charge in [-0.25, -0.2) is 0 Å². The van der Waals surface area contributed by atoms with Gasteiger partial charge in [-0.2, -0.15) is 0 Å². The largest absolute Gasteiger partial charge is 0.496 e. The second kappa shape index (κ2) is 8.75. The highest BCUT2D eigenvalue weighted by Crippen LogP contribution is 2.28. The highest BCUT2D eigenvalue weighted by molar-refractivity contribution is 9.10. The summed E-state index contributed by atoms with van der Waals surface area (Å²) in [6, 6.07) is 6.04. The van der Waals surface area contributed by atoms with Crippen LogP contribution in [-0.4, -0.2) is 13.7 Å². The van der Waals surface area contributed by atoms with Gasteiger partial charge in [0.05, 0.1) is 11.6 Å². The number of rotatable bonds is 6. The van der Waals surface area contributed by atoms with Crippen LogP contribution in [0.25, 0.3) is 0 Å². The van der Waals surface area contributed by atoms with Crippen LogP contribution >= 0.6 is 28.3 Å². The first-order valence-corrected chi connectivity index (χ1v) is 6.27. The Balaban J connectivity index is 0.00000256. The molecule has 1 aromatic rings. The first kappa shape index (κ1) is 16.7. The van der Waals surface area contributed by atoms with E-state index in [9.17, 15) is 0 Å². The lowest BCUT2D eigenvalue weighted by Gasteiger charge is -2.13. The van der Waals surface area contributed by atoms with Crippen molar-refractivity contribution in [2.24, 2.45) is 11.5 Å². The monoisotopic (exact) mass is 322 g/mol. The van der Waals surface area contributed by atoms with Crippen molar-refractivity contribution >= 4 is 28.3 Å². The van der Waals surface area contributed by atoms with E-state index in [1.165, 1.54) is 0 Å². The molecular formula is C12H20BrClN2O. The quantitative estimate of drug-likeness (QED) is 0.791. The number of nitrogens with two attached hydrogens (primary N) is 2. The van der Waals surface area contributed by atoms with Crippen LogP contribution in [0, 0.1) is 0 Å². The molecule has 0 radical (unpaired) electrons. The van der Waals surface area contributed by atoms with Crippen molar-refractivity contribution in [1.82, 2.24) is 0 Å². The van der Waals surface area contributed by atoms with E-state index in [-0.39, 0.29) is 18.4 Å². The molecule has 98 valence electrons. The molecule has 1 aromatic carbocycles. The van der Waals surface area contributed by atoms with Crippen LogP contribution in [0.2, 0.25) is 0 Å². The molecule has 17 heavy (non-hydrogen) atoms. The Morgan fingerprint density at radius 1 is 1.35 bits per heavy atom. The van der Waals surface area contributed by atoms with Crippen LogP contribution in [0.5, 0.6) is 5.75 Å². The third-order valence-electron chi connectivity index (χ3n) is 2.57. The van der Waals surface area contributed by atoms with Gasteiger partial charge in [0.1, 0.15) is 5.75 Å². The van der Waals surface area contributed by atoms with Gasteiger partial charge >= 0.3 is 0 Å². The van der Waals surface area contributed by atoms with Crippen molar-refractivity contribution in [3.8, 4) is 5.75 Å². The lowest BCUT2D eigenvalue weighted by Crippen LogP contribution is -2.11. The number of benzene rings is 1. The molecule has 0 heterocycles. The maximum absolute atomic E-state index is 6.09. The summed E-state index contributed by atoms with van der Waals surface area (Å²) >= 11 is 3.46. The Labute approximate surface area is 117 Å². The minimum Gasteiger partial charge on any atom is -0.496 e. The average molecular weight is 324 g/mol. The number of unbranched alkanes of at least 4 members (excludes halogenated alkanes) is 1. The van der Waals surface area contributed by atoms with E-state index in [1.54, 1.807) is 7.11 Å². The van der Waals surface area contributed by atoms with Crippen molar-refractivity contribution in [3.05, 3.63) is 28.2 Å². The minimum absolute atomic E-state index is 0. The molecule has 0 aliphatic heterocycles. The summed E-state index contributed by atoms with van der Waals surface area (Å²) in [6.07, 6.45) is 3.07. The van der Waals surface area contributed by atoms with Crippen LogP contribution in [0.15, 0.2) is 22.7 Å². The van der Waals surface area contributed by atoms with Crippen molar-refractivity contribution in [3.63, 3.8) is 0 Å². The molecule has 0 unspecified atom stereocenters. The summed E-state index contributed by atoms with van der Waals surface area (Å²) in [6.45, 7) is 0.735. The molecule has 4 N–H and O–H groups in total. The van der Waals surface area contributed by atoms with Gasteiger partial charge < -0.3 is 16.2 Å². The second-order valence-corrected chi connectivity index (χ2v) is 4.64. The molecule has 0 amide bonds. The van der Waals surface area contributed by atoms with Crippen LogP contribution in [0.3, 0.4) is 0 Å². The van der Waals surface area contributed by atoms with Gasteiger partial charge in [-0.05, 0) is 53.0 Å². The highest BCUT2D eigenvalue weighted by Gasteiger charge is 2.08. The summed E-state index contributed by atoms with van der Waals surface area (Å²) in [5.41, 5.74) is 12.7. The SMILES string of the molecule is COc1ccc([C@@H](N)CCCCN)cc1Br.Cl. The summed E-state index contributed by atoms with van der Waals surface area (Å²) in [7, 11) is 1.65. The zero-order chi connectivity index (χ0) is 12.0. The number of halogens is 2. The van der Waals surface area contributed by atoms with Gasteiger partial charge in [0, 0.05) is 6.04 Å². The van der Waals surface area contributed by atoms with Crippen LogP contribution < -0.4 is 16.2 Å². The number of methoxy groups -OCH3 is 1. The molecule has 0 spiro atoms. The smallest absolute Gasteiger partial charge is 0.133 e. The molecule has 3 nitrogen and oxygen atoms in total. The fourth-order valence-corrected chi connectivity index (χ4v) is 2.15. The van der Waals surface area contributed by atoms with Gasteiger partial charge in [-0.3, -0.25) is 0 Å². The molecule has 0 fully saturated rings. The zero-order valence-corrected chi connectivity index (χ0v) is 12.4. The van der Waals surface area contributed by atoms with Gasteiger partial charge in [0.15, 0.2) is 0 Å². The van der Waals surface area contributed by atoms with E-state index in [4.69, 9.17) is 16.2 Å². The topological polar surface area (TPSA) is 61.3 Å². The Kier molecular flexibility index (Phi) is 8.60. The predicted molar refractivity (Wildman–Crippen MR) is 77.8 cm³/mol. The normalized spacial score (nSPS) is 11.8. The van der Waals surface area contributed by atoms with E-state index in [0.717, 1.165) is 41.6 Å². The molecule has 5 heteroatoms. The van der Waals surface area contributed by atoms with Gasteiger partial charge in [0.25, 0.3) is 0 Å². The van der Waals surface area contributed by atoms with Crippen molar-refractivity contribution in [1.29, 1.82) is 0 Å². The number of ether oxygens (including phenoxy) is 1. The van der Waals surface area contributed by atoms with Crippen LogP contribution in [0.1, 0.15) is 30.9 Å². The zero-order valence-electron chi connectivity index (χ0n) is 9.99. The highest BCUT2D eigenvalue weighted by atomic mass is 79.9. The first-order valence-electron chi connectivity index (χ1n) is 5.48. The summed E-state index contributed by atoms with van der Waals surface area (Å²) in [5.74, 6) is 0.831. The molecule has 0 saturated heterocycles. The van der Waals surface area contributed by atoms with Crippen LogP contribution in [0.4, 0.5) is 0 Å². The van der Waals surface area contributed by atoms with E-state index < -0.39 is 0 Å². The average Bonchev–Trinajstić information content (AvgIpc) is 2.29. The lowest BCUT2D eigenvalue weighted by atomic mass is 10.0. The van der Waals surface area contributed by atoms with E-state index in [1.807, 2.05) is 18.2 Å². The summed E-state index contributed by atoms with van der Waals surface area (Å²) in [4.78, 5) is 0. The van der Waals surface area contributed by atoms with E-state index in [0.29, 0.717) is 0 Å². The van der Waals surface area contributed by atoms with Gasteiger partial charge in [-0.1, -0.05) is 12.5 Å². The fourth-order valence-electron chi connectivity index (χ4n) is 1.59. The second-order valence-electron chi connectivity index (χ2n) is 3.78. The van der Waals surface area contributed by atoms with Crippen molar-refractivity contribution in [2.45, 2.75) is 25.3 Å². The van der Waals surface area contributed by atoms with E-state index in [2.05, 4.69) is 15.9 Å². The fraction of sp³-hybridized carbons (Fsp3) is 0.500. The van der Waals surface area contributed by atoms with Crippen molar-refractivity contribution in [2.75, 3.05) is 13.7 Å². The molecule has 0 bridgehead atoms. The molecule has 1 atom stereocenters. The summed E-state index contributed by atoms with van der Waals surface area (Å²) in [5, 5.41) is 0. The Bertz CT molecular complexity index is 336. The number of hydrogen-bond acceptors (Lipinski definition) is 3. The van der Waals surface area contributed by atoms with E-state index >= 15 is 0 Å².